The average Bonchev–Trinajstić information content (AvgIpc) is 2.75. The second-order valence-corrected chi connectivity index (χ2v) is 5.84. The molecule has 4 nitrogen and oxygen atoms in total. The van der Waals surface area contributed by atoms with Crippen LogP contribution in [0.25, 0.3) is 0 Å². The van der Waals surface area contributed by atoms with Gasteiger partial charge in [0, 0.05) is 24.4 Å². The fourth-order valence-electron chi connectivity index (χ4n) is 2.63. The molecule has 0 amide bonds. The number of aromatic nitrogens is 3. The molecule has 2 fully saturated rings. The SMILES string of the molecule is Cn1cnnc1SC1CC2CCC(C1)N2. The lowest BCUT2D eigenvalue weighted by Crippen LogP contribution is -2.39. The number of rotatable bonds is 2. The molecule has 2 bridgehead atoms. The van der Waals surface area contributed by atoms with Gasteiger partial charge in [-0.15, -0.1) is 10.2 Å². The molecule has 15 heavy (non-hydrogen) atoms. The minimum atomic E-state index is 0.728. The second kappa shape index (κ2) is 3.79. The van der Waals surface area contributed by atoms with Crippen molar-refractivity contribution in [2.45, 2.75) is 48.2 Å². The van der Waals surface area contributed by atoms with Gasteiger partial charge in [-0.1, -0.05) is 11.8 Å². The number of fused-ring (bicyclic) bond motifs is 2. The average molecular weight is 224 g/mol. The van der Waals surface area contributed by atoms with E-state index in [-0.39, 0.29) is 0 Å². The summed E-state index contributed by atoms with van der Waals surface area (Å²) in [6, 6.07) is 1.52. The molecule has 3 heterocycles. The molecule has 3 rings (SSSR count). The van der Waals surface area contributed by atoms with Crippen molar-refractivity contribution >= 4 is 11.8 Å². The van der Waals surface area contributed by atoms with Crippen molar-refractivity contribution in [2.24, 2.45) is 7.05 Å². The number of thioether (sulfide) groups is 1. The summed E-state index contributed by atoms with van der Waals surface area (Å²) in [5.41, 5.74) is 0. The van der Waals surface area contributed by atoms with Gasteiger partial charge in [0.1, 0.15) is 6.33 Å². The Morgan fingerprint density at radius 2 is 2.13 bits per heavy atom. The molecule has 2 unspecified atom stereocenters. The van der Waals surface area contributed by atoms with Gasteiger partial charge in [-0.2, -0.15) is 0 Å². The van der Waals surface area contributed by atoms with Crippen LogP contribution in [0.15, 0.2) is 11.5 Å². The fourth-order valence-corrected chi connectivity index (χ4v) is 3.89. The number of nitrogens with one attached hydrogen (secondary N) is 1. The van der Waals surface area contributed by atoms with Gasteiger partial charge in [-0.05, 0) is 25.7 Å². The van der Waals surface area contributed by atoms with Gasteiger partial charge < -0.3 is 9.88 Å². The molecule has 5 heteroatoms. The smallest absolute Gasteiger partial charge is 0.191 e. The van der Waals surface area contributed by atoms with Crippen molar-refractivity contribution in [1.82, 2.24) is 20.1 Å². The lowest BCUT2D eigenvalue weighted by molar-refractivity contribution is 0.414. The first-order valence-corrected chi connectivity index (χ1v) is 6.46. The summed E-state index contributed by atoms with van der Waals surface area (Å²) < 4.78 is 2.01. The number of aryl methyl sites for hydroxylation is 1. The first-order valence-electron chi connectivity index (χ1n) is 5.58. The Balaban J connectivity index is 1.67. The molecule has 0 spiro atoms. The summed E-state index contributed by atoms with van der Waals surface area (Å²) in [5.74, 6) is 0. The van der Waals surface area contributed by atoms with Crippen LogP contribution >= 0.6 is 11.8 Å². The summed E-state index contributed by atoms with van der Waals surface area (Å²) in [6.45, 7) is 0. The van der Waals surface area contributed by atoms with Crippen LogP contribution < -0.4 is 5.32 Å². The van der Waals surface area contributed by atoms with E-state index in [0.717, 1.165) is 22.5 Å². The summed E-state index contributed by atoms with van der Waals surface area (Å²) in [4.78, 5) is 0. The Labute approximate surface area is 93.8 Å². The second-order valence-electron chi connectivity index (χ2n) is 4.57. The molecule has 1 aromatic heterocycles. The van der Waals surface area contributed by atoms with Gasteiger partial charge in [0.25, 0.3) is 0 Å². The van der Waals surface area contributed by atoms with Crippen LogP contribution in [-0.4, -0.2) is 32.1 Å². The normalized spacial score (nSPS) is 34.6. The van der Waals surface area contributed by atoms with Gasteiger partial charge in [-0.3, -0.25) is 0 Å². The Kier molecular flexibility index (Phi) is 2.44. The Bertz CT molecular complexity index is 339. The van der Waals surface area contributed by atoms with E-state index in [1.54, 1.807) is 6.33 Å². The maximum atomic E-state index is 4.14. The van der Waals surface area contributed by atoms with Crippen molar-refractivity contribution in [2.75, 3.05) is 0 Å². The van der Waals surface area contributed by atoms with Gasteiger partial charge in [0.15, 0.2) is 5.16 Å². The monoisotopic (exact) mass is 224 g/mol. The zero-order valence-electron chi connectivity index (χ0n) is 8.89. The predicted molar refractivity (Wildman–Crippen MR) is 59.8 cm³/mol. The highest BCUT2D eigenvalue weighted by Gasteiger charge is 2.34. The number of hydrogen-bond donors (Lipinski definition) is 1. The summed E-state index contributed by atoms with van der Waals surface area (Å²) in [6.07, 6.45) is 7.07. The van der Waals surface area contributed by atoms with Crippen molar-refractivity contribution < 1.29 is 0 Å². The number of hydrogen-bond acceptors (Lipinski definition) is 4. The summed E-state index contributed by atoms with van der Waals surface area (Å²) >= 11 is 1.89. The Morgan fingerprint density at radius 3 is 2.73 bits per heavy atom. The topological polar surface area (TPSA) is 42.7 Å². The predicted octanol–water partition coefficient (Wildman–Crippen LogP) is 1.19. The maximum absolute atomic E-state index is 4.14. The molecule has 1 N–H and O–H groups in total. The van der Waals surface area contributed by atoms with Crippen LogP contribution in [0.1, 0.15) is 25.7 Å². The minimum absolute atomic E-state index is 0.728. The zero-order chi connectivity index (χ0) is 10.3. The maximum Gasteiger partial charge on any atom is 0.191 e. The van der Waals surface area contributed by atoms with E-state index in [1.807, 2.05) is 23.4 Å². The molecule has 0 saturated carbocycles. The molecular formula is C10H16N4S. The molecule has 2 saturated heterocycles. The van der Waals surface area contributed by atoms with E-state index in [9.17, 15) is 0 Å². The third-order valence-electron chi connectivity index (χ3n) is 3.37. The molecule has 1 aromatic rings. The molecular weight excluding hydrogens is 208 g/mol. The van der Waals surface area contributed by atoms with Crippen molar-refractivity contribution in [1.29, 1.82) is 0 Å². The molecule has 0 aliphatic carbocycles. The van der Waals surface area contributed by atoms with Gasteiger partial charge >= 0.3 is 0 Å². The Hall–Kier alpha value is -0.550. The molecule has 2 atom stereocenters. The van der Waals surface area contributed by atoms with Crippen LogP contribution in [0, 0.1) is 0 Å². The zero-order valence-corrected chi connectivity index (χ0v) is 9.70. The van der Waals surface area contributed by atoms with E-state index in [2.05, 4.69) is 15.5 Å². The van der Waals surface area contributed by atoms with Crippen LogP contribution in [-0.2, 0) is 7.05 Å². The standard InChI is InChI=1S/C10H16N4S/c1-14-6-11-13-10(14)15-9-4-7-2-3-8(5-9)12-7/h6-9,12H,2-5H2,1H3. The van der Waals surface area contributed by atoms with Crippen LogP contribution in [0.5, 0.6) is 0 Å². The largest absolute Gasteiger partial charge is 0.312 e. The molecule has 2 aliphatic rings. The fraction of sp³-hybridized carbons (Fsp3) is 0.800. The van der Waals surface area contributed by atoms with E-state index < -0.39 is 0 Å². The van der Waals surface area contributed by atoms with E-state index in [0.29, 0.717) is 0 Å². The first-order chi connectivity index (χ1) is 7.31. The Morgan fingerprint density at radius 1 is 1.40 bits per heavy atom. The van der Waals surface area contributed by atoms with E-state index >= 15 is 0 Å². The quantitative estimate of drug-likeness (QED) is 0.819. The van der Waals surface area contributed by atoms with Gasteiger partial charge in [-0.25, -0.2) is 0 Å². The van der Waals surface area contributed by atoms with Gasteiger partial charge in [0.05, 0.1) is 0 Å². The number of nitrogens with zero attached hydrogens (tertiary/aromatic N) is 3. The lowest BCUT2D eigenvalue weighted by atomic mass is 10.1. The van der Waals surface area contributed by atoms with Crippen molar-refractivity contribution in [3.8, 4) is 0 Å². The lowest BCUT2D eigenvalue weighted by Gasteiger charge is -2.28. The minimum Gasteiger partial charge on any atom is -0.312 e. The van der Waals surface area contributed by atoms with Crippen molar-refractivity contribution in [3.63, 3.8) is 0 Å². The number of piperidine rings is 1. The summed E-state index contributed by atoms with van der Waals surface area (Å²) in [7, 11) is 2.01. The molecule has 82 valence electrons. The first kappa shape index (κ1) is 9.66. The summed E-state index contributed by atoms with van der Waals surface area (Å²) in [5, 5.41) is 13.5. The van der Waals surface area contributed by atoms with Crippen LogP contribution in [0.3, 0.4) is 0 Å². The molecule has 2 aliphatic heterocycles. The highest BCUT2D eigenvalue weighted by Crippen LogP contribution is 2.35. The van der Waals surface area contributed by atoms with Gasteiger partial charge in [0.2, 0.25) is 0 Å². The van der Waals surface area contributed by atoms with Crippen molar-refractivity contribution in [3.05, 3.63) is 6.33 Å². The van der Waals surface area contributed by atoms with E-state index in [1.165, 1.54) is 25.7 Å². The van der Waals surface area contributed by atoms with Crippen LogP contribution in [0.2, 0.25) is 0 Å². The third-order valence-corrected chi connectivity index (χ3v) is 4.67. The highest BCUT2D eigenvalue weighted by molar-refractivity contribution is 7.99. The molecule has 0 aromatic carbocycles. The van der Waals surface area contributed by atoms with Crippen LogP contribution in [0.4, 0.5) is 0 Å². The third kappa shape index (κ3) is 1.90. The highest BCUT2D eigenvalue weighted by atomic mass is 32.2. The molecule has 0 radical (unpaired) electrons. The van der Waals surface area contributed by atoms with E-state index in [4.69, 9.17) is 0 Å².